The fourth-order valence-electron chi connectivity index (χ4n) is 11.8. The molecule has 0 bridgehead atoms. The summed E-state index contributed by atoms with van der Waals surface area (Å²) in [4.78, 5) is 52.3. The van der Waals surface area contributed by atoms with Crippen LogP contribution in [0.4, 0.5) is 0 Å². The molecule has 0 radical (unpaired) electrons. The Morgan fingerprint density at radius 3 is 0.777 bits per heavy atom. The van der Waals surface area contributed by atoms with Crippen molar-refractivity contribution in [1.82, 2.24) is 0 Å². The van der Waals surface area contributed by atoms with Gasteiger partial charge in [0.2, 0.25) is 0 Å². The number of carbonyl (C=O) groups excluding carboxylic acids is 4. The zero-order chi connectivity index (χ0) is 68.4. The molecule has 0 fully saturated rings. The molecule has 6 aromatic rings. The van der Waals surface area contributed by atoms with Crippen molar-refractivity contribution in [2.75, 3.05) is 13.2 Å². The third-order valence-corrected chi connectivity index (χ3v) is 35.8. The molecule has 0 aliphatic heterocycles. The standard InChI is InChI=1S/C74H108O14Si6/c1-89(2,3)85-93(11,12)87-91(7,8)55-31-27-23-19-15-17-21-25-29-53-79-65-43-33-59(34-44-65)71(75)81-67-47-37-61(38-48-67)73(77)83-69-51-41-64-58-70(52-42-63(64)57-69)84-74(78)62-39-49-68(50-40-62)82-72(76)60-35-45-66(46-36-60)80-54-30-26-22-18-16-20-24-28-32-56-92(9,10)88-94(13,14)86-90(4,5)6/h33-52,57-58H,15-32,53-56H2,1-14H3. The number of benzene rings is 6. The first-order valence-electron chi connectivity index (χ1n) is 34.3. The average molecular weight is 1390 g/mol. The van der Waals surface area contributed by atoms with E-state index >= 15 is 0 Å². The molecule has 0 amide bonds. The number of carbonyl (C=O) groups is 4. The van der Waals surface area contributed by atoms with E-state index in [-0.39, 0.29) is 22.6 Å². The van der Waals surface area contributed by atoms with Crippen molar-refractivity contribution in [1.29, 1.82) is 0 Å². The van der Waals surface area contributed by atoms with Gasteiger partial charge in [0.25, 0.3) is 0 Å². The summed E-state index contributed by atoms with van der Waals surface area (Å²) >= 11 is 0. The van der Waals surface area contributed by atoms with Crippen molar-refractivity contribution in [3.63, 3.8) is 0 Å². The Hall–Kier alpha value is -5.80. The molecular weight excluding hydrogens is 1280 g/mol. The van der Waals surface area contributed by atoms with Crippen molar-refractivity contribution in [2.24, 2.45) is 0 Å². The fraction of sp³-hybridized carbons (Fsp3) is 0.486. The van der Waals surface area contributed by atoms with Crippen LogP contribution >= 0.6 is 0 Å². The fourth-order valence-corrected chi connectivity index (χ4v) is 38.3. The number of ether oxygens (including phenoxy) is 6. The molecular formula is C74H108O14Si6. The third-order valence-electron chi connectivity index (χ3n) is 15.5. The molecule has 20 heteroatoms. The summed E-state index contributed by atoms with van der Waals surface area (Å²) in [5, 5.41) is 1.51. The van der Waals surface area contributed by atoms with E-state index in [2.05, 4.69) is 91.7 Å². The highest BCUT2D eigenvalue weighted by molar-refractivity contribution is 6.88. The molecule has 94 heavy (non-hydrogen) atoms. The van der Waals surface area contributed by atoms with Crippen LogP contribution in [0.15, 0.2) is 133 Å². The lowest BCUT2D eigenvalue weighted by molar-refractivity contribution is 0.0720. The van der Waals surface area contributed by atoms with E-state index in [1.54, 1.807) is 109 Å². The maximum absolute atomic E-state index is 13.2. The smallest absolute Gasteiger partial charge is 0.343 e. The van der Waals surface area contributed by atoms with E-state index in [9.17, 15) is 19.2 Å². The van der Waals surface area contributed by atoms with Gasteiger partial charge >= 0.3 is 41.0 Å². The molecule has 0 N–H and O–H groups in total. The van der Waals surface area contributed by atoms with E-state index in [0.29, 0.717) is 47.3 Å². The van der Waals surface area contributed by atoms with Crippen molar-refractivity contribution < 1.29 is 64.1 Å². The van der Waals surface area contributed by atoms with Crippen LogP contribution in [-0.4, -0.2) is 87.5 Å². The highest BCUT2D eigenvalue weighted by atomic mass is 28.5. The van der Waals surface area contributed by atoms with E-state index in [0.717, 1.165) is 36.5 Å². The molecule has 14 nitrogen and oxygen atoms in total. The van der Waals surface area contributed by atoms with Gasteiger partial charge in [-0.25, -0.2) is 19.2 Å². The van der Waals surface area contributed by atoms with Gasteiger partial charge in [-0.2, -0.15) is 0 Å². The van der Waals surface area contributed by atoms with Crippen molar-refractivity contribution in [3.05, 3.63) is 156 Å². The first kappa shape index (κ1) is 77.2. The van der Waals surface area contributed by atoms with Gasteiger partial charge in [0, 0.05) is 0 Å². The predicted molar refractivity (Wildman–Crippen MR) is 394 cm³/mol. The maximum Gasteiger partial charge on any atom is 0.343 e. The minimum absolute atomic E-state index is 0.270. The van der Waals surface area contributed by atoms with Crippen LogP contribution < -0.4 is 28.4 Å². The van der Waals surface area contributed by atoms with Crippen molar-refractivity contribution in [2.45, 2.75) is 219 Å². The lowest BCUT2D eigenvalue weighted by Gasteiger charge is -2.37. The molecule has 0 heterocycles. The second kappa shape index (κ2) is 37.1. The topological polar surface area (TPSA) is 161 Å². The van der Waals surface area contributed by atoms with Crippen LogP contribution in [-0.2, 0) is 16.5 Å². The van der Waals surface area contributed by atoms with E-state index < -0.39 is 74.3 Å². The summed E-state index contributed by atoms with van der Waals surface area (Å²) in [5.74, 6) is 0.368. The summed E-state index contributed by atoms with van der Waals surface area (Å²) in [5.41, 5.74) is 1.29. The Morgan fingerprint density at radius 2 is 0.500 bits per heavy atom. The highest BCUT2D eigenvalue weighted by Gasteiger charge is 2.39. The summed E-state index contributed by atoms with van der Waals surface area (Å²) in [6, 6.07) is 38.8. The average Bonchev–Trinajstić information content (AvgIpc) is 0.862. The second-order valence-corrected chi connectivity index (χ2v) is 54.2. The molecule has 0 unspecified atom stereocenters. The zero-order valence-electron chi connectivity index (χ0n) is 59.0. The minimum Gasteiger partial charge on any atom is -0.494 e. The van der Waals surface area contributed by atoms with Gasteiger partial charge in [0.05, 0.1) is 35.5 Å². The largest absolute Gasteiger partial charge is 0.494 e. The van der Waals surface area contributed by atoms with Crippen molar-refractivity contribution in [3.8, 4) is 34.5 Å². The number of fused-ring (bicyclic) bond motifs is 1. The van der Waals surface area contributed by atoms with E-state index in [4.69, 9.17) is 44.9 Å². The second-order valence-electron chi connectivity index (χ2n) is 28.8. The molecule has 0 atom stereocenters. The van der Waals surface area contributed by atoms with Gasteiger partial charge in [-0.05, 0) is 249 Å². The normalized spacial score (nSPS) is 12.4. The Bertz CT molecular complexity index is 3080. The molecule has 512 valence electrons. The molecule has 0 aromatic heterocycles. The first-order chi connectivity index (χ1) is 44.4. The van der Waals surface area contributed by atoms with Gasteiger partial charge in [-0.1, -0.05) is 115 Å². The van der Waals surface area contributed by atoms with Crippen LogP contribution in [0.2, 0.25) is 104 Å². The molecule has 0 saturated carbocycles. The summed E-state index contributed by atoms with van der Waals surface area (Å²) in [7, 11) is -10.8. The van der Waals surface area contributed by atoms with E-state index in [1.165, 1.54) is 126 Å². The van der Waals surface area contributed by atoms with Crippen LogP contribution in [0.25, 0.3) is 10.8 Å². The number of hydrogen-bond donors (Lipinski definition) is 0. The van der Waals surface area contributed by atoms with Crippen LogP contribution in [0.3, 0.4) is 0 Å². The van der Waals surface area contributed by atoms with Gasteiger partial charge in [-0.3, -0.25) is 0 Å². The summed E-state index contributed by atoms with van der Waals surface area (Å²) in [6.45, 7) is 32.9. The molecule has 0 saturated heterocycles. The number of unbranched alkanes of at least 4 members (excludes halogenated alkanes) is 16. The van der Waals surface area contributed by atoms with Gasteiger partial charge in [0.1, 0.15) is 34.5 Å². The lowest BCUT2D eigenvalue weighted by atomic mass is 10.1. The quantitative estimate of drug-likeness (QED) is 0.0154. The Morgan fingerprint density at radius 1 is 0.266 bits per heavy atom. The SMILES string of the molecule is C[Si](C)(C)O[Si](C)(C)O[Si](C)(C)CCCCCCCCCCCOc1ccc(C(=O)Oc2ccc(C(=O)Oc3ccc4cc(OC(=O)c5ccc(OC(=O)c6ccc(OCCCCCCCCCCC[Si](C)(C)O[Si](C)(C)O[Si](C)(C)C)cc6)cc5)ccc4c3)cc2)cc1. The Labute approximate surface area is 568 Å². The van der Waals surface area contributed by atoms with Crippen LogP contribution in [0.5, 0.6) is 34.5 Å². The number of esters is 4. The summed E-state index contributed by atoms with van der Waals surface area (Å²) in [6.07, 6.45) is 21.8. The Kier molecular flexibility index (Phi) is 30.5. The number of rotatable bonds is 42. The monoisotopic (exact) mass is 1390 g/mol. The van der Waals surface area contributed by atoms with Gasteiger partial charge in [0.15, 0.2) is 33.3 Å². The Balaban J connectivity index is 0.801. The highest BCUT2D eigenvalue weighted by Crippen LogP contribution is 2.30. The lowest BCUT2D eigenvalue weighted by Crippen LogP contribution is -2.51. The molecule has 0 aliphatic carbocycles. The van der Waals surface area contributed by atoms with E-state index in [1.807, 2.05) is 0 Å². The maximum atomic E-state index is 13.2. The summed E-state index contributed by atoms with van der Waals surface area (Å²) < 4.78 is 60.6. The predicted octanol–water partition coefficient (Wildman–Crippen LogP) is 21.0. The molecule has 6 rings (SSSR count). The zero-order valence-corrected chi connectivity index (χ0v) is 65.0. The number of hydrogen-bond acceptors (Lipinski definition) is 14. The molecule has 0 spiro atoms. The van der Waals surface area contributed by atoms with Crippen LogP contribution in [0, 0.1) is 0 Å². The van der Waals surface area contributed by atoms with Gasteiger partial charge < -0.3 is 44.9 Å². The third kappa shape index (κ3) is 30.1. The minimum atomic E-state index is -2.07. The molecule has 6 aromatic carbocycles. The van der Waals surface area contributed by atoms with Crippen LogP contribution in [0.1, 0.15) is 157 Å². The molecule has 0 aliphatic rings. The van der Waals surface area contributed by atoms with Gasteiger partial charge in [-0.15, -0.1) is 0 Å². The first-order valence-corrected chi connectivity index (χ1v) is 53.0. The van der Waals surface area contributed by atoms with Crippen molar-refractivity contribution >= 4 is 85.0 Å².